The van der Waals surface area contributed by atoms with E-state index in [9.17, 15) is 5.11 Å². The molecule has 0 saturated heterocycles. The average Bonchev–Trinajstić information content (AvgIpc) is 3.20. The van der Waals surface area contributed by atoms with E-state index in [1.807, 2.05) is 24.6 Å². The quantitative estimate of drug-likeness (QED) is 0.336. The Hall–Kier alpha value is -1.68. The van der Waals surface area contributed by atoms with Crippen LogP contribution < -0.4 is 10.6 Å². The van der Waals surface area contributed by atoms with Crippen molar-refractivity contribution in [2.45, 2.75) is 26.0 Å². The lowest BCUT2D eigenvalue weighted by atomic mass is 10.3. The zero-order valence-corrected chi connectivity index (χ0v) is 16.8. The Morgan fingerprint density at radius 1 is 1.42 bits per heavy atom. The van der Waals surface area contributed by atoms with Crippen LogP contribution in [0.3, 0.4) is 0 Å². The van der Waals surface area contributed by atoms with Crippen molar-refractivity contribution in [1.29, 1.82) is 0 Å². The maximum absolute atomic E-state index is 10.3. The van der Waals surface area contributed by atoms with Gasteiger partial charge >= 0.3 is 0 Å². The Labute approximate surface area is 162 Å². The van der Waals surface area contributed by atoms with Crippen molar-refractivity contribution in [2.24, 2.45) is 12.0 Å². The molecule has 0 aliphatic heterocycles. The molecule has 0 aromatic carbocycles. The Morgan fingerprint density at radius 3 is 2.85 bits per heavy atom. The van der Waals surface area contributed by atoms with Crippen LogP contribution >= 0.6 is 22.9 Å². The highest BCUT2D eigenvalue weighted by molar-refractivity contribution is 7.16. The summed E-state index contributed by atoms with van der Waals surface area (Å²) in [6, 6.07) is 3.60. The molecule has 3 N–H and O–H groups in total. The van der Waals surface area contributed by atoms with Gasteiger partial charge in [-0.15, -0.1) is 21.5 Å². The minimum absolute atomic E-state index is 0.324. The monoisotopic (exact) mass is 400 g/mol. The fraction of sp³-hybridized carbons (Fsp3) is 0.562. The number of aliphatic imine (C=N–C) groups is 1. The van der Waals surface area contributed by atoms with Crippen LogP contribution in [0.4, 0.5) is 0 Å². The molecule has 2 aromatic rings. The zero-order chi connectivity index (χ0) is 18.9. The van der Waals surface area contributed by atoms with Gasteiger partial charge in [0.2, 0.25) is 0 Å². The number of halogens is 1. The molecule has 26 heavy (non-hydrogen) atoms. The third-order valence-corrected chi connectivity index (χ3v) is 5.10. The van der Waals surface area contributed by atoms with E-state index in [4.69, 9.17) is 16.3 Å². The molecule has 8 nitrogen and oxygen atoms in total. The smallest absolute Gasteiger partial charge is 0.191 e. The molecule has 144 valence electrons. The highest BCUT2D eigenvalue weighted by Gasteiger charge is 2.11. The van der Waals surface area contributed by atoms with Crippen molar-refractivity contribution in [2.75, 3.05) is 26.8 Å². The Morgan fingerprint density at radius 2 is 2.23 bits per heavy atom. The second-order valence-corrected chi connectivity index (χ2v) is 7.45. The number of guanidine groups is 1. The van der Waals surface area contributed by atoms with Crippen molar-refractivity contribution in [3.05, 3.63) is 33.0 Å². The molecule has 0 fully saturated rings. The summed E-state index contributed by atoms with van der Waals surface area (Å²) in [5, 5.41) is 24.8. The van der Waals surface area contributed by atoms with Gasteiger partial charge in [-0.25, -0.2) is 4.99 Å². The van der Waals surface area contributed by atoms with Gasteiger partial charge < -0.3 is 25.0 Å². The molecule has 0 saturated carbocycles. The van der Waals surface area contributed by atoms with Gasteiger partial charge in [-0.2, -0.15) is 0 Å². The molecule has 1 atom stereocenters. The highest BCUT2D eigenvalue weighted by atomic mass is 35.5. The molecule has 2 aromatic heterocycles. The molecule has 0 bridgehead atoms. The standard InChI is InChI=1S/C16H25ClN6O2S/c1-11-21-22-15(23(11)2)10-20-16(18-7-4-8-25-3)19-9-12(24)13-5-6-14(17)26-13/h5-6,12,24H,4,7-10H2,1-3H3,(H2,18,19,20). The number of ether oxygens (including phenoxy) is 1. The number of aromatic nitrogens is 3. The average molecular weight is 401 g/mol. The first-order chi connectivity index (χ1) is 12.5. The summed E-state index contributed by atoms with van der Waals surface area (Å²) in [6.07, 6.45) is 0.194. The van der Waals surface area contributed by atoms with Gasteiger partial charge in [-0.3, -0.25) is 0 Å². The second kappa shape index (κ2) is 10.5. The number of aryl methyl sites for hydroxylation is 1. The van der Waals surface area contributed by atoms with Crippen molar-refractivity contribution >= 4 is 28.9 Å². The number of methoxy groups -OCH3 is 1. The SMILES string of the molecule is COCCCNC(=NCc1nnc(C)n1C)NCC(O)c1ccc(Cl)s1. The molecule has 0 spiro atoms. The molecule has 10 heteroatoms. The second-order valence-electron chi connectivity index (χ2n) is 5.70. The lowest BCUT2D eigenvalue weighted by Crippen LogP contribution is -2.40. The number of aliphatic hydroxyl groups is 1. The van der Waals surface area contributed by atoms with Gasteiger partial charge in [0.25, 0.3) is 0 Å². The first-order valence-corrected chi connectivity index (χ1v) is 9.50. The predicted molar refractivity (Wildman–Crippen MR) is 104 cm³/mol. The molecule has 2 rings (SSSR count). The summed E-state index contributed by atoms with van der Waals surface area (Å²) >= 11 is 7.29. The zero-order valence-electron chi connectivity index (χ0n) is 15.2. The maximum Gasteiger partial charge on any atom is 0.191 e. The third-order valence-electron chi connectivity index (χ3n) is 3.76. The topological polar surface area (TPSA) is 96.6 Å². The van der Waals surface area contributed by atoms with Crippen LogP contribution in [0.25, 0.3) is 0 Å². The van der Waals surface area contributed by atoms with E-state index in [0.717, 1.165) is 22.9 Å². The number of rotatable bonds is 9. The Balaban J connectivity index is 1.95. The van der Waals surface area contributed by atoms with Crippen LogP contribution in [-0.2, 0) is 18.3 Å². The maximum atomic E-state index is 10.3. The third kappa shape index (κ3) is 6.24. The van der Waals surface area contributed by atoms with Crippen molar-refractivity contribution in [3.8, 4) is 0 Å². The van der Waals surface area contributed by atoms with Gasteiger partial charge in [0.1, 0.15) is 18.5 Å². The largest absolute Gasteiger partial charge is 0.386 e. The van der Waals surface area contributed by atoms with Crippen LogP contribution in [0, 0.1) is 6.92 Å². The van der Waals surface area contributed by atoms with E-state index in [2.05, 4.69) is 25.8 Å². The van der Waals surface area contributed by atoms with E-state index in [1.165, 1.54) is 11.3 Å². The molecule has 0 radical (unpaired) electrons. The van der Waals surface area contributed by atoms with Gasteiger partial charge in [0, 0.05) is 38.7 Å². The lowest BCUT2D eigenvalue weighted by Gasteiger charge is -2.15. The highest BCUT2D eigenvalue weighted by Crippen LogP contribution is 2.26. The van der Waals surface area contributed by atoms with Crippen LogP contribution in [0.1, 0.15) is 29.1 Å². The Bertz CT molecular complexity index is 717. The summed E-state index contributed by atoms with van der Waals surface area (Å²) in [7, 11) is 3.58. The summed E-state index contributed by atoms with van der Waals surface area (Å²) in [6.45, 7) is 3.98. The lowest BCUT2D eigenvalue weighted by molar-refractivity contribution is 0.184. The number of thiophene rings is 1. The van der Waals surface area contributed by atoms with Crippen molar-refractivity contribution in [1.82, 2.24) is 25.4 Å². The van der Waals surface area contributed by atoms with Crippen LogP contribution in [0.15, 0.2) is 17.1 Å². The van der Waals surface area contributed by atoms with Gasteiger partial charge in [-0.1, -0.05) is 11.6 Å². The fourth-order valence-electron chi connectivity index (χ4n) is 2.14. The van der Waals surface area contributed by atoms with Gasteiger partial charge in [0.05, 0.1) is 4.34 Å². The summed E-state index contributed by atoms with van der Waals surface area (Å²) in [5.41, 5.74) is 0. The molecule has 0 aliphatic carbocycles. The number of hydrogen-bond acceptors (Lipinski definition) is 6. The van der Waals surface area contributed by atoms with Crippen molar-refractivity contribution in [3.63, 3.8) is 0 Å². The summed E-state index contributed by atoms with van der Waals surface area (Å²) < 4.78 is 7.61. The first kappa shape index (κ1) is 20.6. The molecule has 1 unspecified atom stereocenters. The van der Waals surface area contributed by atoms with Gasteiger partial charge in [-0.05, 0) is 25.5 Å². The van der Waals surface area contributed by atoms with Gasteiger partial charge in [0.15, 0.2) is 11.8 Å². The van der Waals surface area contributed by atoms with E-state index in [0.29, 0.717) is 36.5 Å². The molecule has 0 aliphatic rings. The minimum Gasteiger partial charge on any atom is -0.386 e. The summed E-state index contributed by atoms with van der Waals surface area (Å²) in [5.74, 6) is 2.21. The molecular formula is C16H25ClN6O2S. The Kier molecular flexibility index (Phi) is 8.30. The first-order valence-electron chi connectivity index (χ1n) is 8.30. The molecule has 2 heterocycles. The van der Waals surface area contributed by atoms with Crippen molar-refractivity contribution < 1.29 is 9.84 Å². The van der Waals surface area contributed by atoms with E-state index in [-0.39, 0.29) is 0 Å². The number of nitrogens with zero attached hydrogens (tertiary/aromatic N) is 4. The van der Waals surface area contributed by atoms with E-state index < -0.39 is 6.10 Å². The predicted octanol–water partition coefficient (Wildman–Crippen LogP) is 1.64. The van der Waals surface area contributed by atoms with Crippen LogP contribution in [-0.4, -0.2) is 52.6 Å². The minimum atomic E-state index is -0.657. The number of hydrogen-bond donors (Lipinski definition) is 3. The van der Waals surface area contributed by atoms with E-state index >= 15 is 0 Å². The normalized spacial score (nSPS) is 13.0. The van der Waals surface area contributed by atoms with Crippen LogP contribution in [0.2, 0.25) is 4.34 Å². The number of nitrogens with one attached hydrogen (secondary N) is 2. The fourth-order valence-corrected chi connectivity index (χ4v) is 3.18. The van der Waals surface area contributed by atoms with Crippen LogP contribution in [0.5, 0.6) is 0 Å². The molecular weight excluding hydrogens is 376 g/mol. The summed E-state index contributed by atoms with van der Waals surface area (Å²) in [4.78, 5) is 5.34. The number of aliphatic hydroxyl groups excluding tert-OH is 1. The van der Waals surface area contributed by atoms with E-state index in [1.54, 1.807) is 13.2 Å². The molecule has 0 amide bonds.